The molecule has 0 spiro atoms. The highest BCUT2D eigenvalue weighted by Crippen LogP contribution is 2.31. The van der Waals surface area contributed by atoms with Crippen molar-refractivity contribution in [2.24, 2.45) is 0 Å². The molecule has 0 unspecified atom stereocenters. The van der Waals surface area contributed by atoms with Gasteiger partial charge < -0.3 is 9.30 Å². The first kappa shape index (κ1) is 15.7. The minimum absolute atomic E-state index is 0.0284. The van der Waals surface area contributed by atoms with Crippen LogP contribution in [0, 0.1) is 0 Å². The van der Waals surface area contributed by atoms with Crippen molar-refractivity contribution in [3.63, 3.8) is 0 Å². The van der Waals surface area contributed by atoms with E-state index in [0.717, 1.165) is 28.2 Å². The van der Waals surface area contributed by atoms with Gasteiger partial charge in [-0.1, -0.05) is 12.1 Å². The minimum atomic E-state index is 0.0284. The van der Waals surface area contributed by atoms with Crippen molar-refractivity contribution in [1.82, 2.24) is 24.3 Å². The molecule has 27 heavy (non-hydrogen) atoms. The van der Waals surface area contributed by atoms with Crippen molar-refractivity contribution in [2.75, 3.05) is 6.54 Å². The minimum Gasteiger partial charge on any atom is -0.332 e. The van der Waals surface area contributed by atoms with Crippen LogP contribution in [-0.2, 0) is 13.0 Å². The number of amides is 1. The molecule has 6 heteroatoms. The first-order valence-electron chi connectivity index (χ1n) is 8.90. The van der Waals surface area contributed by atoms with Gasteiger partial charge >= 0.3 is 0 Å². The Morgan fingerprint density at radius 2 is 2.04 bits per heavy atom. The molecular weight excluding hydrogens is 338 g/mol. The predicted octanol–water partition coefficient (Wildman–Crippen LogP) is 2.99. The van der Waals surface area contributed by atoms with Crippen molar-refractivity contribution < 1.29 is 4.79 Å². The topological polar surface area (TPSA) is 63.4 Å². The standard InChI is InChI=1S/C21H17N5O/c27-21-20-17(15-4-3-8-22-12-15)6-9-23-18(20)14-26(21)11-7-16-13-25-10-2-1-5-19(25)24-16/h1-6,8-10,12-13H,7,11,14H2. The van der Waals surface area contributed by atoms with Gasteiger partial charge in [0, 0.05) is 49.5 Å². The van der Waals surface area contributed by atoms with Gasteiger partial charge in [0.05, 0.1) is 23.5 Å². The molecule has 0 radical (unpaired) electrons. The molecule has 0 N–H and O–H groups in total. The highest BCUT2D eigenvalue weighted by atomic mass is 16.2. The maximum Gasteiger partial charge on any atom is 0.256 e. The number of rotatable bonds is 4. The zero-order valence-corrected chi connectivity index (χ0v) is 14.6. The average Bonchev–Trinajstić information content (AvgIpc) is 3.27. The number of aromatic nitrogens is 4. The van der Waals surface area contributed by atoms with Crippen LogP contribution >= 0.6 is 0 Å². The van der Waals surface area contributed by atoms with Crippen LogP contribution in [0.1, 0.15) is 21.7 Å². The number of hydrogen-bond donors (Lipinski definition) is 0. The number of imidazole rings is 1. The molecule has 0 saturated heterocycles. The van der Waals surface area contributed by atoms with E-state index in [1.165, 1.54) is 0 Å². The third kappa shape index (κ3) is 2.75. The Labute approximate surface area is 156 Å². The normalized spacial score (nSPS) is 13.3. The van der Waals surface area contributed by atoms with E-state index in [1.807, 2.05) is 58.1 Å². The Morgan fingerprint density at radius 1 is 1.07 bits per heavy atom. The van der Waals surface area contributed by atoms with Gasteiger partial charge in [0.25, 0.3) is 5.91 Å². The number of fused-ring (bicyclic) bond motifs is 2. The number of nitrogens with zero attached hydrogens (tertiary/aromatic N) is 5. The average molecular weight is 355 g/mol. The summed E-state index contributed by atoms with van der Waals surface area (Å²) in [5, 5.41) is 0. The van der Waals surface area contributed by atoms with Gasteiger partial charge in [0.15, 0.2) is 0 Å². The fourth-order valence-corrected chi connectivity index (χ4v) is 3.57. The second-order valence-electron chi connectivity index (χ2n) is 6.60. The highest BCUT2D eigenvalue weighted by molar-refractivity contribution is 6.03. The molecule has 4 aromatic heterocycles. The van der Waals surface area contributed by atoms with Crippen LogP contribution in [0.15, 0.2) is 67.4 Å². The maximum atomic E-state index is 13.0. The Balaban J connectivity index is 1.39. The lowest BCUT2D eigenvalue weighted by molar-refractivity contribution is 0.0780. The number of pyridine rings is 3. The maximum absolute atomic E-state index is 13.0. The van der Waals surface area contributed by atoms with Crippen LogP contribution in [0.4, 0.5) is 0 Å². The summed E-state index contributed by atoms with van der Waals surface area (Å²) in [6, 6.07) is 11.7. The van der Waals surface area contributed by atoms with Crippen molar-refractivity contribution >= 4 is 11.6 Å². The highest BCUT2D eigenvalue weighted by Gasteiger charge is 2.31. The van der Waals surface area contributed by atoms with Gasteiger partial charge in [-0.2, -0.15) is 0 Å². The Bertz CT molecular complexity index is 1100. The molecule has 1 aliphatic heterocycles. The first-order valence-corrected chi connectivity index (χ1v) is 8.90. The van der Waals surface area contributed by atoms with Crippen molar-refractivity contribution in [3.8, 4) is 11.1 Å². The van der Waals surface area contributed by atoms with Crippen LogP contribution in [0.25, 0.3) is 16.8 Å². The molecular formula is C21H17N5O. The summed E-state index contributed by atoms with van der Waals surface area (Å²) in [4.78, 5) is 28.1. The Hall–Kier alpha value is -3.54. The van der Waals surface area contributed by atoms with E-state index in [0.29, 0.717) is 25.1 Å². The molecule has 0 aromatic carbocycles. The van der Waals surface area contributed by atoms with Crippen LogP contribution in [-0.4, -0.2) is 36.7 Å². The third-order valence-electron chi connectivity index (χ3n) is 4.90. The van der Waals surface area contributed by atoms with E-state index in [4.69, 9.17) is 0 Å². The fraction of sp³-hybridized carbons (Fsp3) is 0.143. The van der Waals surface area contributed by atoms with Crippen LogP contribution < -0.4 is 0 Å². The molecule has 4 aromatic rings. The van der Waals surface area contributed by atoms with E-state index in [1.54, 1.807) is 18.6 Å². The lowest BCUT2D eigenvalue weighted by Gasteiger charge is -2.14. The fourth-order valence-electron chi connectivity index (χ4n) is 3.57. The van der Waals surface area contributed by atoms with E-state index in [-0.39, 0.29) is 5.91 Å². The van der Waals surface area contributed by atoms with E-state index in [9.17, 15) is 4.79 Å². The monoisotopic (exact) mass is 355 g/mol. The molecule has 0 saturated carbocycles. The zero-order chi connectivity index (χ0) is 18.2. The Morgan fingerprint density at radius 3 is 2.89 bits per heavy atom. The van der Waals surface area contributed by atoms with Crippen molar-refractivity contribution in [3.05, 3.63) is 84.3 Å². The Kier molecular flexibility index (Phi) is 3.67. The largest absolute Gasteiger partial charge is 0.332 e. The van der Waals surface area contributed by atoms with E-state index >= 15 is 0 Å². The van der Waals surface area contributed by atoms with Gasteiger partial charge in [-0.15, -0.1) is 0 Å². The molecule has 0 fully saturated rings. The molecule has 132 valence electrons. The summed E-state index contributed by atoms with van der Waals surface area (Å²) < 4.78 is 2.00. The smallest absolute Gasteiger partial charge is 0.256 e. The summed E-state index contributed by atoms with van der Waals surface area (Å²) in [5.41, 5.74) is 5.26. The molecule has 5 heterocycles. The van der Waals surface area contributed by atoms with E-state index < -0.39 is 0 Å². The van der Waals surface area contributed by atoms with Crippen molar-refractivity contribution in [2.45, 2.75) is 13.0 Å². The predicted molar refractivity (Wildman–Crippen MR) is 101 cm³/mol. The SMILES string of the molecule is O=C1c2c(-c3cccnc3)ccnc2CN1CCc1cn2ccccc2n1. The second kappa shape index (κ2) is 6.32. The third-order valence-corrected chi connectivity index (χ3v) is 4.90. The molecule has 6 nitrogen and oxygen atoms in total. The van der Waals surface area contributed by atoms with Gasteiger partial charge in [-0.05, 0) is 29.8 Å². The molecule has 0 atom stereocenters. The molecule has 1 aliphatic rings. The quantitative estimate of drug-likeness (QED) is 0.565. The van der Waals surface area contributed by atoms with Crippen LogP contribution in [0.2, 0.25) is 0 Å². The zero-order valence-electron chi connectivity index (χ0n) is 14.6. The molecule has 5 rings (SSSR count). The number of carbonyl (C=O) groups is 1. The lowest BCUT2D eigenvalue weighted by atomic mass is 10.0. The summed E-state index contributed by atoms with van der Waals surface area (Å²) in [7, 11) is 0. The molecule has 0 aliphatic carbocycles. The molecule has 1 amide bonds. The van der Waals surface area contributed by atoms with Crippen LogP contribution in [0.5, 0.6) is 0 Å². The summed E-state index contributed by atoms with van der Waals surface area (Å²) >= 11 is 0. The second-order valence-corrected chi connectivity index (χ2v) is 6.60. The van der Waals surface area contributed by atoms with Gasteiger partial charge in [-0.25, -0.2) is 4.98 Å². The summed E-state index contributed by atoms with van der Waals surface area (Å²) in [5.74, 6) is 0.0284. The number of carbonyl (C=O) groups excluding carboxylic acids is 1. The molecule has 0 bridgehead atoms. The van der Waals surface area contributed by atoms with Gasteiger partial charge in [0.1, 0.15) is 5.65 Å². The van der Waals surface area contributed by atoms with Crippen molar-refractivity contribution in [1.29, 1.82) is 0 Å². The van der Waals surface area contributed by atoms with E-state index in [2.05, 4.69) is 15.0 Å². The summed E-state index contributed by atoms with van der Waals surface area (Å²) in [6.07, 6.45) is 9.98. The lowest BCUT2D eigenvalue weighted by Crippen LogP contribution is -2.26. The first-order chi connectivity index (χ1) is 13.3. The van der Waals surface area contributed by atoms with Gasteiger partial charge in [-0.3, -0.25) is 14.8 Å². The summed E-state index contributed by atoms with van der Waals surface area (Å²) in [6.45, 7) is 1.15. The van der Waals surface area contributed by atoms with Gasteiger partial charge in [0.2, 0.25) is 0 Å². The number of hydrogen-bond acceptors (Lipinski definition) is 4. The van der Waals surface area contributed by atoms with Crippen LogP contribution in [0.3, 0.4) is 0 Å².